The molecule has 1 amide bonds. The zero-order valence-corrected chi connectivity index (χ0v) is 18.3. The van der Waals surface area contributed by atoms with E-state index >= 15 is 0 Å². The largest absolute Gasteiger partial charge is 0.374 e. The maximum Gasteiger partial charge on any atom is 0.253 e. The third-order valence-electron chi connectivity index (χ3n) is 4.58. The van der Waals surface area contributed by atoms with Gasteiger partial charge in [0.2, 0.25) is 0 Å². The second-order valence-electron chi connectivity index (χ2n) is 7.27. The van der Waals surface area contributed by atoms with Crippen LogP contribution in [0, 0.1) is 5.82 Å². The molecule has 0 unspecified atom stereocenters. The van der Waals surface area contributed by atoms with Gasteiger partial charge in [-0.1, -0.05) is 18.2 Å². The first-order valence-electron chi connectivity index (χ1n) is 10.2. The standard InChI is InChI=1S/C23H32FN5O/c1-5-25-23(26-14-7-15-29(4)21-9-6-8-20(24)16-21)27-17-18-10-12-19(13-11-18)22(30)28(2)3/h6,8-13,16H,5,7,14-15,17H2,1-4H3,(H2,25,26,27). The highest BCUT2D eigenvalue weighted by atomic mass is 19.1. The lowest BCUT2D eigenvalue weighted by molar-refractivity contribution is 0.0827. The lowest BCUT2D eigenvalue weighted by atomic mass is 10.1. The third-order valence-corrected chi connectivity index (χ3v) is 4.58. The fourth-order valence-electron chi connectivity index (χ4n) is 2.89. The zero-order chi connectivity index (χ0) is 21.9. The highest BCUT2D eigenvalue weighted by molar-refractivity contribution is 5.93. The Balaban J connectivity index is 1.83. The van der Waals surface area contributed by atoms with Crippen LogP contribution in [0.1, 0.15) is 29.3 Å². The number of nitrogens with one attached hydrogen (secondary N) is 2. The van der Waals surface area contributed by atoms with E-state index in [9.17, 15) is 9.18 Å². The molecule has 162 valence electrons. The van der Waals surface area contributed by atoms with E-state index in [4.69, 9.17) is 0 Å². The number of carbonyl (C=O) groups excluding carboxylic acids is 1. The van der Waals surface area contributed by atoms with Crippen molar-refractivity contribution in [2.24, 2.45) is 4.99 Å². The Hall–Kier alpha value is -3.09. The molecule has 0 bridgehead atoms. The van der Waals surface area contributed by atoms with Crippen molar-refractivity contribution in [3.63, 3.8) is 0 Å². The monoisotopic (exact) mass is 413 g/mol. The van der Waals surface area contributed by atoms with E-state index in [1.807, 2.05) is 49.2 Å². The van der Waals surface area contributed by atoms with Gasteiger partial charge in [0, 0.05) is 52.0 Å². The highest BCUT2D eigenvalue weighted by Crippen LogP contribution is 2.13. The summed E-state index contributed by atoms with van der Waals surface area (Å²) < 4.78 is 13.3. The van der Waals surface area contributed by atoms with Gasteiger partial charge in [0.1, 0.15) is 5.82 Å². The van der Waals surface area contributed by atoms with E-state index < -0.39 is 0 Å². The summed E-state index contributed by atoms with van der Waals surface area (Å²) in [6.07, 6.45) is 0.888. The van der Waals surface area contributed by atoms with Crippen molar-refractivity contribution in [3.05, 3.63) is 65.5 Å². The van der Waals surface area contributed by atoms with Gasteiger partial charge in [0.05, 0.1) is 6.54 Å². The molecular weight excluding hydrogens is 381 g/mol. The van der Waals surface area contributed by atoms with E-state index in [2.05, 4.69) is 15.6 Å². The van der Waals surface area contributed by atoms with Gasteiger partial charge in [-0.05, 0) is 49.2 Å². The van der Waals surface area contributed by atoms with Crippen molar-refractivity contribution in [1.82, 2.24) is 15.5 Å². The number of guanidine groups is 1. The molecule has 6 nitrogen and oxygen atoms in total. The summed E-state index contributed by atoms with van der Waals surface area (Å²) in [5.41, 5.74) is 2.57. The Morgan fingerprint density at radius 2 is 1.80 bits per heavy atom. The topological polar surface area (TPSA) is 60.0 Å². The summed E-state index contributed by atoms with van der Waals surface area (Å²) in [5.74, 6) is 0.515. The number of benzene rings is 2. The van der Waals surface area contributed by atoms with Gasteiger partial charge in [-0.25, -0.2) is 9.38 Å². The minimum absolute atomic E-state index is 0.0109. The van der Waals surface area contributed by atoms with Crippen LogP contribution in [-0.4, -0.2) is 57.5 Å². The highest BCUT2D eigenvalue weighted by Gasteiger charge is 2.07. The molecule has 0 aromatic heterocycles. The Kier molecular flexibility index (Phi) is 9.12. The first-order chi connectivity index (χ1) is 14.4. The first-order valence-corrected chi connectivity index (χ1v) is 10.2. The van der Waals surface area contributed by atoms with Crippen LogP contribution in [0.25, 0.3) is 0 Å². The van der Waals surface area contributed by atoms with E-state index in [1.54, 1.807) is 25.1 Å². The first kappa shape index (κ1) is 23.2. The predicted octanol–water partition coefficient (Wildman–Crippen LogP) is 3.11. The molecule has 0 atom stereocenters. The van der Waals surface area contributed by atoms with Crippen LogP contribution < -0.4 is 15.5 Å². The van der Waals surface area contributed by atoms with Crippen molar-refractivity contribution < 1.29 is 9.18 Å². The average Bonchev–Trinajstić information content (AvgIpc) is 2.74. The summed E-state index contributed by atoms with van der Waals surface area (Å²) in [5, 5.41) is 6.57. The van der Waals surface area contributed by atoms with Crippen LogP contribution in [-0.2, 0) is 6.54 Å². The number of hydrogen-bond donors (Lipinski definition) is 2. The van der Waals surface area contributed by atoms with E-state index in [0.29, 0.717) is 12.1 Å². The summed E-state index contributed by atoms with van der Waals surface area (Å²) >= 11 is 0. The minimum Gasteiger partial charge on any atom is -0.374 e. The zero-order valence-electron chi connectivity index (χ0n) is 18.3. The number of carbonyl (C=O) groups is 1. The lowest BCUT2D eigenvalue weighted by Gasteiger charge is -2.20. The summed E-state index contributed by atoms with van der Waals surface area (Å²) in [4.78, 5) is 20.2. The number of hydrogen-bond acceptors (Lipinski definition) is 3. The van der Waals surface area contributed by atoms with Crippen molar-refractivity contribution in [2.75, 3.05) is 45.7 Å². The molecule has 0 saturated carbocycles. The third kappa shape index (κ3) is 7.39. The molecule has 0 aliphatic carbocycles. The molecule has 0 saturated heterocycles. The molecule has 0 aliphatic heterocycles. The molecule has 2 rings (SSSR count). The quantitative estimate of drug-likeness (QED) is 0.377. The van der Waals surface area contributed by atoms with Crippen molar-refractivity contribution in [3.8, 4) is 0 Å². The van der Waals surface area contributed by atoms with Gasteiger partial charge in [-0.2, -0.15) is 0 Å². The normalized spacial score (nSPS) is 11.2. The molecule has 7 heteroatoms. The van der Waals surface area contributed by atoms with Gasteiger partial charge in [-0.3, -0.25) is 4.79 Å². The maximum atomic E-state index is 13.3. The molecule has 0 spiro atoms. The molecule has 0 heterocycles. The Morgan fingerprint density at radius 3 is 2.43 bits per heavy atom. The molecule has 30 heavy (non-hydrogen) atoms. The van der Waals surface area contributed by atoms with Gasteiger partial charge < -0.3 is 20.4 Å². The second kappa shape index (κ2) is 11.8. The van der Waals surface area contributed by atoms with Crippen LogP contribution in [0.4, 0.5) is 10.1 Å². The second-order valence-corrected chi connectivity index (χ2v) is 7.27. The molecule has 2 aromatic carbocycles. The average molecular weight is 414 g/mol. The van der Waals surface area contributed by atoms with Crippen molar-refractivity contribution in [2.45, 2.75) is 19.9 Å². The number of aliphatic imine (C=N–C) groups is 1. The van der Waals surface area contributed by atoms with Crippen LogP contribution in [0.5, 0.6) is 0 Å². The van der Waals surface area contributed by atoms with E-state index in [0.717, 1.165) is 43.3 Å². The Bertz CT molecular complexity index is 836. The fraction of sp³-hybridized carbons (Fsp3) is 0.391. The van der Waals surface area contributed by atoms with Crippen LogP contribution >= 0.6 is 0 Å². The summed E-state index contributed by atoms with van der Waals surface area (Å²) in [6.45, 7) is 4.87. The SMILES string of the molecule is CCNC(=NCc1ccc(C(=O)N(C)C)cc1)NCCCN(C)c1cccc(F)c1. The number of nitrogens with zero attached hydrogens (tertiary/aromatic N) is 3. The number of halogens is 1. The van der Waals surface area contributed by atoms with Gasteiger partial charge in [0.15, 0.2) is 5.96 Å². The molecule has 0 aliphatic rings. The van der Waals surface area contributed by atoms with Crippen LogP contribution in [0.2, 0.25) is 0 Å². The summed E-state index contributed by atoms with van der Waals surface area (Å²) in [7, 11) is 5.44. The molecule has 0 radical (unpaired) electrons. The minimum atomic E-state index is -0.224. The molecular formula is C23H32FN5O. The number of anilines is 1. The summed E-state index contributed by atoms with van der Waals surface area (Å²) in [6, 6.07) is 14.1. The van der Waals surface area contributed by atoms with Crippen molar-refractivity contribution in [1.29, 1.82) is 0 Å². The maximum absolute atomic E-state index is 13.3. The lowest BCUT2D eigenvalue weighted by Crippen LogP contribution is -2.38. The van der Waals surface area contributed by atoms with Crippen LogP contribution in [0.3, 0.4) is 0 Å². The van der Waals surface area contributed by atoms with Crippen LogP contribution in [0.15, 0.2) is 53.5 Å². The Morgan fingerprint density at radius 1 is 1.07 bits per heavy atom. The van der Waals surface area contributed by atoms with Gasteiger partial charge >= 0.3 is 0 Å². The Labute approximate surface area is 178 Å². The molecule has 0 fully saturated rings. The molecule has 2 N–H and O–H groups in total. The van der Waals surface area contributed by atoms with E-state index in [1.165, 1.54) is 12.1 Å². The van der Waals surface area contributed by atoms with E-state index in [-0.39, 0.29) is 11.7 Å². The van der Waals surface area contributed by atoms with Crippen molar-refractivity contribution >= 4 is 17.6 Å². The molecule has 2 aromatic rings. The smallest absolute Gasteiger partial charge is 0.253 e. The number of amides is 1. The fourth-order valence-corrected chi connectivity index (χ4v) is 2.89. The van der Waals surface area contributed by atoms with Gasteiger partial charge in [-0.15, -0.1) is 0 Å². The predicted molar refractivity (Wildman–Crippen MR) is 122 cm³/mol. The van der Waals surface area contributed by atoms with Gasteiger partial charge in [0.25, 0.3) is 5.91 Å². The number of rotatable bonds is 9.